The van der Waals surface area contributed by atoms with Crippen molar-refractivity contribution in [1.82, 2.24) is 0 Å². The van der Waals surface area contributed by atoms with E-state index in [1.165, 1.54) is 0 Å². The molecule has 0 heterocycles. The van der Waals surface area contributed by atoms with E-state index < -0.39 is 0 Å². The van der Waals surface area contributed by atoms with Gasteiger partial charge in [-0.05, 0) is 18.1 Å². The fraction of sp³-hybridized carbons (Fsp3) is 0.0556. The van der Waals surface area contributed by atoms with Crippen LogP contribution in [0.25, 0.3) is 11.1 Å². The fourth-order valence-corrected chi connectivity index (χ4v) is 1.88. The lowest BCUT2D eigenvalue weighted by molar-refractivity contribution is 1.52. The lowest BCUT2D eigenvalue weighted by atomic mass is 9.96. The summed E-state index contributed by atoms with van der Waals surface area (Å²) in [5.41, 5.74) is 3.25. The van der Waals surface area contributed by atoms with Gasteiger partial charge in [0.05, 0.1) is 11.1 Å². The molecule has 0 bridgehead atoms. The Balaban J connectivity index is 2.67. The monoisotopic (exact) mass is 243 g/mol. The minimum absolute atomic E-state index is 0.612. The zero-order valence-electron chi connectivity index (χ0n) is 10.7. The Kier molecular flexibility index (Phi) is 4.17. The van der Waals surface area contributed by atoms with Crippen LogP contribution in [0, 0.1) is 23.2 Å². The molecule has 0 atom stereocenters. The SMILES string of the molecule is CC#C/C(=C(/C#N)c1ccccc1)c1ccccc1. The first-order valence-corrected chi connectivity index (χ1v) is 6.04. The fourth-order valence-electron chi connectivity index (χ4n) is 1.88. The van der Waals surface area contributed by atoms with Crippen LogP contribution in [0.5, 0.6) is 0 Å². The third-order valence-corrected chi connectivity index (χ3v) is 2.74. The van der Waals surface area contributed by atoms with Gasteiger partial charge in [0.15, 0.2) is 0 Å². The number of hydrogen-bond acceptors (Lipinski definition) is 1. The van der Waals surface area contributed by atoms with Crippen molar-refractivity contribution >= 4 is 11.1 Å². The van der Waals surface area contributed by atoms with Crippen LogP contribution >= 0.6 is 0 Å². The molecule has 2 aromatic carbocycles. The zero-order valence-corrected chi connectivity index (χ0v) is 10.7. The molecule has 90 valence electrons. The van der Waals surface area contributed by atoms with Gasteiger partial charge < -0.3 is 0 Å². The maximum atomic E-state index is 9.46. The third-order valence-electron chi connectivity index (χ3n) is 2.74. The molecule has 0 saturated carbocycles. The van der Waals surface area contributed by atoms with E-state index in [4.69, 9.17) is 0 Å². The third kappa shape index (κ3) is 2.92. The van der Waals surface area contributed by atoms with E-state index in [2.05, 4.69) is 17.9 Å². The standard InChI is InChI=1S/C18H13N/c1-2-9-17(15-10-5-3-6-11-15)18(14-19)16-12-7-4-8-13-16/h3-8,10-13H,1H3/b18-17+. The highest BCUT2D eigenvalue weighted by atomic mass is 14.3. The Bertz CT molecular complexity index is 677. The van der Waals surface area contributed by atoms with E-state index in [-0.39, 0.29) is 0 Å². The average Bonchev–Trinajstić information content (AvgIpc) is 2.49. The molecule has 0 unspecified atom stereocenters. The van der Waals surface area contributed by atoms with Gasteiger partial charge in [-0.1, -0.05) is 66.6 Å². The molecule has 0 N–H and O–H groups in total. The zero-order chi connectivity index (χ0) is 13.5. The molecule has 0 spiro atoms. The summed E-state index contributed by atoms with van der Waals surface area (Å²) in [6.45, 7) is 1.78. The molecule has 0 aromatic heterocycles. The second-order valence-corrected chi connectivity index (χ2v) is 3.97. The van der Waals surface area contributed by atoms with Gasteiger partial charge in [-0.3, -0.25) is 0 Å². The van der Waals surface area contributed by atoms with E-state index >= 15 is 0 Å². The minimum atomic E-state index is 0.612. The molecule has 0 aliphatic rings. The molecule has 19 heavy (non-hydrogen) atoms. The van der Waals surface area contributed by atoms with Gasteiger partial charge in [-0.25, -0.2) is 0 Å². The summed E-state index contributed by atoms with van der Waals surface area (Å²) in [5.74, 6) is 5.95. The predicted molar refractivity (Wildman–Crippen MR) is 78.8 cm³/mol. The summed E-state index contributed by atoms with van der Waals surface area (Å²) in [6, 6.07) is 21.7. The number of benzene rings is 2. The van der Waals surface area contributed by atoms with E-state index in [0.717, 1.165) is 16.7 Å². The normalized spacial score (nSPS) is 10.7. The van der Waals surface area contributed by atoms with Gasteiger partial charge in [0.2, 0.25) is 0 Å². The first kappa shape index (κ1) is 12.7. The van der Waals surface area contributed by atoms with Crippen LogP contribution in [-0.2, 0) is 0 Å². The molecular weight excluding hydrogens is 230 g/mol. The van der Waals surface area contributed by atoms with Gasteiger partial charge >= 0.3 is 0 Å². The van der Waals surface area contributed by atoms with Crippen LogP contribution in [-0.4, -0.2) is 0 Å². The molecule has 2 rings (SSSR count). The summed E-state index contributed by atoms with van der Waals surface area (Å²) >= 11 is 0. The average molecular weight is 243 g/mol. The molecule has 0 fully saturated rings. The molecule has 0 aliphatic carbocycles. The smallest absolute Gasteiger partial charge is 0.101 e. The lowest BCUT2D eigenvalue weighted by Gasteiger charge is -2.05. The minimum Gasteiger partial charge on any atom is -0.192 e. The Hall–Kier alpha value is -2.77. The van der Waals surface area contributed by atoms with Gasteiger partial charge in [0.25, 0.3) is 0 Å². The highest BCUT2D eigenvalue weighted by molar-refractivity contribution is 6.03. The van der Waals surface area contributed by atoms with Crippen molar-refractivity contribution in [3.05, 3.63) is 71.8 Å². The molecule has 2 aromatic rings. The number of nitriles is 1. The maximum absolute atomic E-state index is 9.46. The number of rotatable bonds is 2. The molecule has 1 nitrogen and oxygen atoms in total. The maximum Gasteiger partial charge on any atom is 0.101 e. The highest BCUT2D eigenvalue weighted by Gasteiger charge is 2.08. The van der Waals surface area contributed by atoms with E-state index in [1.807, 2.05) is 60.7 Å². The van der Waals surface area contributed by atoms with Crippen molar-refractivity contribution in [3.63, 3.8) is 0 Å². The van der Waals surface area contributed by atoms with Crippen LogP contribution < -0.4 is 0 Å². The molecule has 0 amide bonds. The van der Waals surface area contributed by atoms with E-state index in [0.29, 0.717) is 5.57 Å². The Morgan fingerprint density at radius 3 is 1.68 bits per heavy atom. The number of hydrogen-bond donors (Lipinski definition) is 0. The lowest BCUT2D eigenvalue weighted by Crippen LogP contribution is -1.89. The second kappa shape index (κ2) is 6.24. The molecule has 1 heteroatoms. The van der Waals surface area contributed by atoms with Crippen LogP contribution in [0.4, 0.5) is 0 Å². The quantitative estimate of drug-likeness (QED) is 0.441. The van der Waals surface area contributed by atoms with Crippen LogP contribution in [0.2, 0.25) is 0 Å². The van der Waals surface area contributed by atoms with Crippen molar-refractivity contribution in [2.45, 2.75) is 6.92 Å². The molecular formula is C18H13N. The molecule has 0 radical (unpaired) electrons. The number of allylic oxidation sites excluding steroid dienone is 2. The molecule has 0 saturated heterocycles. The van der Waals surface area contributed by atoms with Crippen molar-refractivity contribution < 1.29 is 0 Å². The highest BCUT2D eigenvalue weighted by Crippen LogP contribution is 2.25. The van der Waals surface area contributed by atoms with Crippen LogP contribution in [0.15, 0.2) is 60.7 Å². The van der Waals surface area contributed by atoms with E-state index in [1.54, 1.807) is 6.92 Å². The molecule has 0 aliphatic heterocycles. The van der Waals surface area contributed by atoms with E-state index in [9.17, 15) is 5.26 Å². The van der Waals surface area contributed by atoms with Gasteiger partial charge in [-0.15, -0.1) is 5.92 Å². The number of nitrogens with zero attached hydrogens (tertiary/aromatic N) is 1. The Labute approximate surface area is 113 Å². The largest absolute Gasteiger partial charge is 0.192 e. The Morgan fingerprint density at radius 2 is 1.26 bits per heavy atom. The van der Waals surface area contributed by atoms with Crippen molar-refractivity contribution in [3.8, 4) is 17.9 Å². The first-order chi connectivity index (χ1) is 9.36. The summed E-state index contributed by atoms with van der Waals surface area (Å²) in [4.78, 5) is 0. The Morgan fingerprint density at radius 1 is 0.789 bits per heavy atom. The predicted octanol–water partition coefficient (Wildman–Crippen LogP) is 4.14. The van der Waals surface area contributed by atoms with Gasteiger partial charge in [0.1, 0.15) is 6.07 Å². The van der Waals surface area contributed by atoms with Gasteiger partial charge in [-0.2, -0.15) is 5.26 Å². The topological polar surface area (TPSA) is 23.8 Å². The second-order valence-electron chi connectivity index (χ2n) is 3.97. The van der Waals surface area contributed by atoms with Crippen molar-refractivity contribution in [1.29, 1.82) is 5.26 Å². The summed E-state index contributed by atoms with van der Waals surface area (Å²) < 4.78 is 0. The summed E-state index contributed by atoms with van der Waals surface area (Å²) in [7, 11) is 0. The summed E-state index contributed by atoms with van der Waals surface area (Å²) in [6.07, 6.45) is 0. The summed E-state index contributed by atoms with van der Waals surface area (Å²) in [5, 5.41) is 9.46. The van der Waals surface area contributed by atoms with Crippen molar-refractivity contribution in [2.24, 2.45) is 0 Å². The first-order valence-electron chi connectivity index (χ1n) is 6.04. The van der Waals surface area contributed by atoms with Crippen LogP contribution in [0.3, 0.4) is 0 Å². The van der Waals surface area contributed by atoms with Gasteiger partial charge in [0, 0.05) is 0 Å². The van der Waals surface area contributed by atoms with Crippen LogP contribution in [0.1, 0.15) is 18.1 Å². The van der Waals surface area contributed by atoms with Crippen molar-refractivity contribution in [2.75, 3.05) is 0 Å².